The highest BCUT2D eigenvalue weighted by atomic mass is 127. The quantitative estimate of drug-likeness (QED) is 0.192. The fourth-order valence-corrected chi connectivity index (χ4v) is 1.20. The Balaban J connectivity index is 0.000000357. The number of hydrogen-bond acceptors (Lipinski definition) is 5. The maximum absolute atomic E-state index is 10.7. The van der Waals surface area contributed by atoms with Gasteiger partial charge in [-0.15, -0.1) is 0 Å². The molecule has 0 fully saturated rings. The lowest BCUT2D eigenvalue weighted by Gasteiger charge is -2.14. The number of fused-ring (bicyclic) bond motifs is 1. The minimum Gasteiger partial charge on any atom is -0.429 e. The number of para-hydroxylation sites is 1. The van der Waals surface area contributed by atoms with E-state index in [0.29, 0.717) is 5.56 Å². The van der Waals surface area contributed by atoms with Gasteiger partial charge in [0.2, 0.25) is 5.75 Å². The molecule has 0 radical (unpaired) electrons. The van der Waals surface area contributed by atoms with Gasteiger partial charge in [-0.3, -0.25) is 10.1 Å². The third-order valence-corrected chi connectivity index (χ3v) is 2.44. The predicted molar refractivity (Wildman–Crippen MR) is 71.4 cm³/mol. The molecule has 0 spiro atoms. The molecule has 0 aliphatic carbocycles. The molecule has 0 saturated carbocycles. The van der Waals surface area contributed by atoms with Gasteiger partial charge in [0.1, 0.15) is 6.61 Å². The Bertz CT molecular complexity index is 526. The molecule has 94 valence electrons. The highest BCUT2D eigenvalue weighted by Gasteiger charge is 2.26. The molecule has 0 unspecified atom stereocenters. The van der Waals surface area contributed by atoms with E-state index in [-0.39, 0.29) is 18.0 Å². The van der Waals surface area contributed by atoms with Crippen LogP contribution in [0.4, 0.5) is 10.5 Å². The summed E-state index contributed by atoms with van der Waals surface area (Å²) in [6.07, 6.45) is -0.910. The summed E-state index contributed by atoms with van der Waals surface area (Å²) in [4.78, 5) is 20.7. The van der Waals surface area contributed by atoms with Gasteiger partial charge >= 0.3 is 11.8 Å². The molecule has 18 heavy (non-hydrogen) atoms. The molecular weight excluding hydrogens is 353 g/mol. The molecule has 0 saturated heterocycles. The lowest BCUT2D eigenvalue weighted by molar-refractivity contribution is -0.385. The van der Waals surface area contributed by atoms with Gasteiger partial charge in [0.05, 0.1) is 4.92 Å². The fraction of sp³-hybridized carbons (Fsp3) is 0.182. The van der Waals surface area contributed by atoms with Gasteiger partial charge in [0.15, 0.2) is 0 Å². The van der Waals surface area contributed by atoms with E-state index in [0.717, 1.165) is 0 Å². The molecule has 1 aliphatic heterocycles. The maximum atomic E-state index is 10.7. The molecule has 0 amide bonds. The van der Waals surface area contributed by atoms with Gasteiger partial charge in [-0.05, 0) is 10.9 Å². The summed E-state index contributed by atoms with van der Waals surface area (Å²) in [6, 6.07) is 4.39. The van der Waals surface area contributed by atoms with Crippen LogP contribution in [0.2, 0.25) is 0 Å². The van der Waals surface area contributed by atoms with Crippen molar-refractivity contribution < 1.29 is 19.2 Å². The second-order valence-electron chi connectivity index (χ2n) is 3.01. The van der Waals surface area contributed by atoms with Crippen molar-refractivity contribution >= 4 is 34.4 Å². The molecule has 6 nitrogen and oxygen atoms in total. The number of nitro groups is 1. The molecule has 0 atom stereocenters. The molecule has 1 aliphatic rings. The number of nitro benzene ring substituents is 1. The molecule has 7 heteroatoms. The van der Waals surface area contributed by atoms with Crippen LogP contribution in [0.3, 0.4) is 0 Å². The lowest BCUT2D eigenvalue weighted by Crippen LogP contribution is -2.18. The van der Waals surface area contributed by atoms with Gasteiger partial charge in [0, 0.05) is 34.2 Å². The summed E-state index contributed by atoms with van der Waals surface area (Å²) in [7, 11) is 0. The van der Waals surface area contributed by atoms with Gasteiger partial charge in [0.25, 0.3) is 0 Å². The molecule has 1 aromatic rings. The van der Waals surface area contributed by atoms with Crippen LogP contribution in [0.25, 0.3) is 0 Å². The van der Waals surface area contributed by atoms with Gasteiger partial charge < -0.3 is 9.47 Å². The molecule has 1 aromatic carbocycles. The molecule has 0 bridgehead atoms. The van der Waals surface area contributed by atoms with E-state index in [1.54, 1.807) is 6.07 Å². The van der Waals surface area contributed by atoms with E-state index in [1.807, 2.05) is 29.5 Å². The van der Waals surface area contributed by atoms with E-state index in [4.69, 9.17) is 0 Å². The van der Waals surface area contributed by atoms with E-state index in [9.17, 15) is 14.9 Å². The normalized spacial score (nSPS) is 11.6. The van der Waals surface area contributed by atoms with E-state index < -0.39 is 11.1 Å². The second-order valence-corrected chi connectivity index (χ2v) is 3.55. The van der Waals surface area contributed by atoms with Crippen molar-refractivity contribution in [1.82, 2.24) is 0 Å². The summed E-state index contributed by atoms with van der Waals surface area (Å²) in [5, 5.41) is 10.6. The minimum absolute atomic E-state index is 0.00977. The zero-order chi connectivity index (χ0) is 13.5. The SMILES string of the molecule is CC#CI.O=C1OCc2cccc([N+](=O)[O-])c2O1. The number of carbonyl (C=O) groups is 1. The third kappa shape index (κ3) is 3.59. The lowest BCUT2D eigenvalue weighted by atomic mass is 10.2. The standard InChI is InChI=1S/C8H5NO5.C3H3I/c10-8-13-4-5-2-1-3-6(9(11)12)7(5)14-8;1-2-3-4/h1-3H,4H2;1H3. The van der Waals surface area contributed by atoms with Crippen LogP contribution < -0.4 is 4.74 Å². The highest BCUT2D eigenvalue weighted by Crippen LogP contribution is 2.33. The zero-order valence-electron chi connectivity index (χ0n) is 9.31. The van der Waals surface area contributed by atoms with Crippen LogP contribution in [-0.2, 0) is 11.3 Å². The summed E-state index contributed by atoms with van der Waals surface area (Å²) in [5.41, 5.74) is 0.276. The smallest absolute Gasteiger partial charge is 0.429 e. The Morgan fingerprint density at radius 2 is 2.17 bits per heavy atom. The Morgan fingerprint density at radius 3 is 2.72 bits per heavy atom. The summed E-state index contributed by atoms with van der Waals surface area (Å²) in [5.74, 6) is 2.65. The van der Waals surface area contributed by atoms with Crippen LogP contribution in [0.15, 0.2) is 18.2 Å². The van der Waals surface area contributed by atoms with E-state index in [1.165, 1.54) is 12.1 Å². The number of hydrogen-bond donors (Lipinski definition) is 0. The predicted octanol–water partition coefficient (Wildman–Crippen LogP) is 3.03. The number of rotatable bonds is 1. The first-order chi connectivity index (χ1) is 8.60. The minimum atomic E-state index is -0.910. The largest absolute Gasteiger partial charge is 0.514 e. The topological polar surface area (TPSA) is 78.7 Å². The summed E-state index contributed by atoms with van der Waals surface area (Å²) >= 11 is 1.99. The zero-order valence-corrected chi connectivity index (χ0v) is 11.5. The van der Waals surface area contributed by atoms with Crippen molar-refractivity contribution in [2.75, 3.05) is 0 Å². The van der Waals surface area contributed by atoms with Crippen molar-refractivity contribution in [3.63, 3.8) is 0 Å². The van der Waals surface area contributed by atoms with Crippen LogP contribution in [0.5, 0.6) is 5.75 Å². The van der Waals surface area contributed by atoms with Crippen LogP contribution in [0.1, 0.15) is 12.5 Å². The van der Waals surface area contributed by atoms with Crippen LogP contribution >= 0.6 is 22.6 Å². The Labute approximate surface area is 117 Å². The average Bonchev–Trinajstić information content (AvgIpc) is 2.38. The van der Waals surface area contributed by atoms with Gasteiger partial charge in [-0.1, -0.05) is 18.1 Å². The van der Waals surface area contributed by atoms with Crippen LogP contribution in [0, 0.1) is 20.0 Å². The summed E-state index contributed by atoms with van der Waals surface area (Å²) < 4.78 is 11.8. The summed E-state index contributed by atoms with van der Waals surface area (Å²) in [6.45, 7) is 1.82. The fourth-order valence-electron chi connectivity index (χ4n) is 1.20. The maximum Gasteiger partial charge on any atom is 0.514 e. The van der Waals surface area contributed by atoms with Crippen molar-refractivity contribution in [3.8, 4) is 15.6 Å². The highest BCUT2D eigenvalue weighted by molar-refractivity contribution is 14.1. The van der Waals surface area contributed by atoms with Crippen molar-refractivity contribution in [2.45, 2.75) is 13.5 Å². The van der Waals surface area contributed by atoms with Crippen molar-refractivity contribution in [2.24, 2.45) is 0 Å². The van der Waals surface area contributed by atoms with E-state index >= 15 is 0 Å². The van der Waals surface area contributed by atoms with E-state index in [2.05, 4.69) is 19.3 Å². The number of nitrogens with zero attached hydrogens (tertiary/aromatic N) is 1. The number of cyclic esters (lactones) is 1. The Hall–Kier alpha value is -1.82. The number of benzene rings is 1. The molecular formula is C11H8INO5. The molecule has 0 aromatic heterocycles. The molecule has 0 N–H and O–H groups in total. The Morgan fingerprint density at radius 1 is 1.50 bits per heavy atom. The number of ether oxygens (including phenoxy) is 2. The number of halogens is 1. The van der Waals surface area contributed by atoms with Crippen molar-refractivity contribution in [3.05, 3.63) is 33.9 Å². The second kappa shape index (κ2) is 6.80. The molecule has 1 heterocycles. The number of carbonyl (C=O) groups excluding carboxylic acids is 1. The molecule has 2 rings (SSSR count). The van der Waals surface area contributed by atoms with Crippen molar-refractivity contribution in [1.29, 1.82) is 0 Å². The first-order valence-electron chi connectivity index (χ1n) is 4.73. The van der Waals surface area contributed by atoms with Gasteiger partial charge in [-0.25, -0.2) is 4.79 Å². The first-order valence-corrected chi connectivity index (χ1v) is 5.81. The van der Waals surface area contributed by atoms with Crippen LogP contribution in [-0.4, -0.2) is 11.1 Å². The average molecular weight is 361 g/mol. The first kappa shape index (κ1) is 14.2. The van der Waals surface area contributed by atoms with Gasteiger partial charge in [-0.2, -0.15) is 0 Å². The third-order valence-electron chi connectivity index (χ3n) is 1.90. The monoisotopic (exact) mass is 361 g/mol. The Kier molecular flexibility index (Phi) is 5.38.